The van der Waals surface area contributed by atoms with Crippen LogP contribution in [-0.2, 0) is 9.59 Å². The largest absolute Gasteiger partial charge is 0.508 e. The molecule has 0 aromatic heterocycles. The van der Waals surface area contributed by atoms with Gasteiger partial charge >= 0.3 is 5.97 Å². The average Bonchev–Trinajstić information content (AvgIpc) is 2.45. The van der Waals surface area contributed by atoms with E-state index in [1.54, 1.807) is 18.2 Å². The zero-order chi connectivity index (χ0) is 15.7. The molecule has 6 heteroatoms. The normalized spacial score (nSPS) is 12.2. The van der Waals surface area contributed by atoms with Gasteiger partial charge in [0, 0.05) is 6.08 Å². The first-order chi connectivity index (χ1) is 10.0. The van der Waals surface area contributed by atoms with Crippen molar-refractivity contribution in [3.05, 3.63) is 35.9 Å². The van der Waals surface area contributed by atoms with Gasteiger partial charge in [-0.05, 0) is 49.6 Å². The Morgan fingerprint density at radius 3 is 2.48 bits per heavy atom. The Morgan fingerprint density at radius 2 is 1.90 bits per heavy atom. The molecule has 0 bridgehead atoms. The van der Waals surface area contributed by atoms with Crippen molar-refractivity contribution in [3.8, 4) is 5.75 Å². The molecule has 0 saturated carbocycles. The van der Waals surface area contributed by atoms with Crippen LogP contribution in [0.4, 0.5) is 0 Å². The number of nitrogens with two attached hydrogens (primary N) is 1. The van der Waals surface area contributed by atoms with Gasteiger partial charge in [0.2, 0.25) is 5.91 Å². The number of hydrogen-bond donors (Lipinski definition) is 4. The highest BCUT2D eigenvalue weighted by atomic mass is 16.4. The second kappa shape index (κ2) is 8.76. The molecule has 6 nitrogen and oxygen atoms in total. The lowest BCUT2D eigenvalue weighted by Gasteiger charge is -2.12. The summed E-state index contributed by atoms with van der Waals surface area (Å²) < 4.78 is 0. The van der Waals surface area contributed by atoms with Gasteiger partial charge in [0.15, 0.2) is 0 Å². The van der Waals surface area contributed by atoms with Gasteiger partial charge in [-0.1, -0.05) is 12.1 Å². The Balaban J connectivity index is 2.53. The molecule has 1 rings (SSSR count). The van der Waals surface area contributed by atoms with Crippen molar-refractivity contribution in [1.29, 1.82) is 0 Å². The maximum absolute atomic E-state index is 11.7. The van der Waals surface area contributed by atoms with E-state index in [9.17, 15) is 9.59 Å². The van der Waals surface area contributed by atoms with Crippen LogP contribution in [0, 0.1) is 0 Å². The number of unbranched alkanes of at least 4 members (excludes halogenated alkanes) is 1. The van der Waals surface area contributed by atoms with Crippen molar-refractivity contribution < 1.29 is 19.8 Å². The summed E-state index contributed by atoms with van der Waals surface area (Å²) in [5.41, 5.74) is 6.09. The molecule has 0 aliphatic rings. The van der Waals surface area contributed by atoms with Gasteiger partial charge in [-0.25, -0.2) is 4.79 Å². The number of phenols is 1. The summed E-state index contributed by atoms with van der Waals surface area (Å²) in [4.78, 5) is 22.7. The van der Waals surface area contributed by atoms with Crippen molar-refractivity contribution >= 4 is 18.0 Å². The fourth-order valence-electron chi connectivity index (χ4n) is 1.73. The Bertz CT molecular complexity index is 497. The fourth-order valence-corrected chi connectivity index (χ4v) is 1.73. The lowest BCUT2D eigenvalue weighted by atomic mass is 10.1. The number of carboxylic acids is 1. The predicted octanol–water partition coefficient (Wildman–Crippen LogP) is 1.10. The highest BCUT2D eigenvalue weighted by molar-refractivity contribution is 5.94. The number of aromatic hydroxyl groups is 1. The Hall–Kier alpha value is -2.34. The predicted molar refractivity (Wildman–Crippen MR) is 79.6 cm³/mol. The number of amides is 1. The molecule has 0 spiro atoms. The molecule has 0 saturated heterocycles. The summed E-state index contributed by atoms with van der Waals surface area (Å²) in [5, 5.41) is 20.6. The standard InChI is InChI=1S/C15H20N2O4/c16-10-2-1-3-13(15(20)21)17-14(19)9-6-11-4-7-12(18)8-5-11/h4-9,13,18H,1-3,10,16H2,(H,17,19)(H,20,21)/t13-/m0/s1. The van der Waals surface area contributed by atoms with Gasteiger partial charge in [-0.2, -0.15) is 0 Å². The van der Waals surface area contributed by atoms with E-state index < -0.39 is 17.9 Å². The number of hydrogen-bond acceptors (Lipinski definition) is 4. The second-order valence-electron chi connectivity index (χ2n) is 4.61. The maximum atomic E-state index is 11.7. The number of carbonyl (C=O) groups is 2. The monoisotopic (exact) mass is 292 g/mol. The van der Waals surface area contributed by atoms with E-state index in [0.717, 1.165) is 12.0 Å². The first kappa shape index (κ1) is 16.7. The summed E-state index contributed by atoms with van der Waals surface area (Å²) in [6.07, 6.45) is 4.54. The van der Waals surface area contributed by atoms with E-state index in [1.807, 2.05) is 0 Å². The van der Waals surface area contributed by atoms with Crippen LogP contribution in [0.15, 0.2) is 30.3 Å². The smallest absolute Gasteiger partial charge is 0.326 e. The number of carbonyl (C=O) groups excluding carboxylic acids is 1. The van der Waals surface area contributed by atoms with Crippen molar-refractivity contribution in [1.82, 2.24) is 5.32 Å². The van der Waals surface area contributed by atoms with E-state index in [4.69, 9.17) is 15.9 Å². The maximum Gasteiger partial charge on any atom is 0.326 e. The molecular formula is C15H20N2O4. The molecule has 1 atom stereocenters. The van der Waals surface area contributed by atoms with E-state index in [-0.39, 0.29) is 5.75 Å². The van der Waals surface area contributed by atoms with Crippen LogP contribution in [-0.4, -0.2) is 34.7 Å². The van der Waals surface area contributed by atoms with Crippen molar-refractivity contribution in [2.75, 3.05) is 6.54 Å². The summed E-state index contributed by atoms with van der Waals surface area (Å²) in [7, 11) is 0. The van der Waals surface area contributed by atoms with Gasteiger partial charge < -0.3 is 21.3 Å². The van der Waals surface area contributed by atoms with Crippen LogP contribution in [0.1, 0.15) is 24.8 Å². The lowest BCUT2D eigenvalue weighted by Crippen LogP contribution is -2.39. The molecule has 0 unspecified atom stereocenters. The number of nitrogens with one attached hydrogen (secondary N) is 1. The number of phenolic OH excluding ortho intramolecular Hbond substituents is 1. The van der Waals surface area contributed by atoms with Gasteiger partial charge in [0.1, 0.15) is 11.8 Å². The van der Waals surface area contributed by atoms with Crippen LogP contribution in [0.3, 0.4) is 0 Å². The topological polar surface area (TPSA) is 113 Å². The summed E-state index contributed by atoms with van der Waals surface area (Å²) in [6, 6.07) is 5.40. The van der Waals surface area contributed by atoms with Gasteiger partial charge in [-0.3, -0.25) is 4.79 Å². The third-order valence-electron chi connectivity index (χ3n) is 2.88. The number of carboxylic acid groups (broad SMARTS) is 1. The van der Waals surface area contributed by atoms with Crippen molar-refractivity contribution in [2.45, 2.75) is 25.3 Å². The van der Waals surface area contributed by atoms with Crippen LogP contribution < -0.4 is 11.1 Å². The molecule has 1 amide bonds. The minimum absolute atomic E-state index is 0.141. The van der Waals surface area contributed by atoms with Gasteiger partial charge in [0.25, 0.3) is 0 Å². The highest BCUT2D eigenvalue weighted by Crippen LogP contribution is 2.10. The average molecular weight is 292 g/mol. The van der Waals surface area contributed by atoms with Crippen molar-refractivity contribution in [3.63, 3.8) is 0 Å². The van der Waals surface area contributed by atoms with Crippen molar-refractivity contribution in [2.24, 2.45) is 5.73 Å². The molecule has 5 N–H and O–H groups in total. The zero-order valence-electron chi connectivity index (χ0n) is 11.7. The number of benzene rings is 1. The summed E-state index contributed by atoms with van der Waals surface area (Å²) >= 11 is 0. The molecule has 0 heterocycles. The Kier molecular flexibility index (Phi) is 6.97. The SMILES string of the molecule is NCCCC[C@H](NC(=O)C=Cc1ccc(O)cc1)C(=O)O. The minimum atomic E-state index is -1.06. The second-order valence-corrected chi connectivity index (χ2v) is 4.61. The molecule has 0 fully saturated rings. The molecule has 1 aromatic rings. The van der Waals surface area contributed by atoms with Crippen LogP contribution in [0.5, 0.6) is 5.75 Å². The third-order valence-corrected chi connectivity index (χ3v) is 2.88. The van der Waals surface area contributed by atoms with Gasteiger partial charge in [-0.15, -0.1) is 0 Å². The molecule has 0 radical (unpaired) electrons. The van der Waals surface area contributed by atoms with Crippen LogP contribution in [0.25, 0.3) is 6.08 Å². The molecule has 114 valence electrons. The quantitative estimate of drug-likeness (QED) is 0.423. The van der Waals surface area contributed by atoms with Gasteiger partial charge in [0.05, 0.1) is 0 Å². The minimum Gasteiger partial charge on any atom is -0.508 e. The lowest BCUT2D eigenvalue weighted by molar-refractivity contribution is -0.141. The summed E-state index contributed by atoms with van der Waals surface area (Å²) in [6.45, 7) is 0.501. The third kappa shape index (κ3) is 6.58. The zero-order valence-corrected chi connectivity index (χ0v) is 11.7. The first-order valence-electron chi connectivity index (χ1n) is 6.73. The first-order valence-corrected chi connectivity index (χ1v) is 6.73. The molecule has 21 heavy (non-hydrogen) atoms. The van der Waals surface area contributed by atoms with E-state index in [1.165, 1.54) is 18.2 Å². The Labute approximate surface area is 123 Å². The molecule has 1 aromatic carbocycles. The number of rotatable bonds is 8. The molecule has 0 aliphatic heterocycles. The molecular weight excluding hydrogens is 272 g/mol. The highest BCUT2D eigenvalue weighted by Gasteiger charge is 2.17. The Morgan fingerprint density at radius 1 is 1.24 bits per heavy atom. The summed E-state index contributed by atoms with van der Waals surface area (Å²) in [5.74, 6) is -1.39. The molecule has 0 aliphatic carbocycles. The van der Waals surface area contributed by atoms with E-state index in [2.05, 4.69) is 5.32 Å². The fraction of sp³-hybridized carbons (Fsp3) is 0.333. The van der Waals surface area contributed by atoms with Crippen LogP contribution in [0.2, 0.25) is 0 Å². The number of aliphatic carboxylic acids is 1. The van der Waals surface area contributed by atoms with Crippen LogP contribution >= 0.6 is 0 Å². The van der Waals surface area contributed by atoms with E-state index >= 15 is 0 Å². The van der Waals surface area contributed by atoms with E-state index in [0.29, 0.717) is 19.4 Å².